The van der Waals surface area contributed by atoms with Crippen LogP contribution in [0.2, 0.25) is 0 Å². The zero-order valence-corrected chi connectivity index (χ0v) is 66.4. The second-order valence-corrected chi connectivity index (χ2v) is 32.7. The molecular weight excluding hydrogens is 1280 g/mol. The third kappa shape index (κ3) is 28.7. The lowest BCUT2D eigenvalue weighted by Crippen LogP contribution is -2.62. The van der Waals surface area contributed by atoms with E-state index in [-0.39, 0.29) is 86.4 Å². The van der Waals surface area contributed by atoms with Gasteiger partial charge >= 0.3 is 0 Å². The average Bonchev–Trinajstić information content (AvgIpc) is 0.812. The van der Waals surface area contributed by atoms with Crippen molar-refractivity contribution in [3.8, 4) is 0 Å². The van der Waals surface area contributed by atoms with Crippen LogP contribution in [-0.4, -0.2) is 250 Å². The Labute approximate surface area is 599 Å². The molecule has 0 unspecified atom stereocenters. The molecule has 99 heavy (non-hydrogen) atoms. The number of nitrogens with zero attached hydrogens (tertiary/aromatic N) is 7. The van der Waals surface area contributed by atoms with E-state index in [9.17, 15) is 29.1 Å². The van der Waals surface area contributed by atoms with Crippen LogP contribution < -0.4 is 26.6 Å². The zero-order valence-electron chi connectivity index (χ0n) is 65.6. The highest BCUT2D eigenvalue weighted by molar-refractivity contribution is 8.00. The van der Waals surface area contributed by atoms with Crippen LogP contribution in [0, 0.1) is 41.4 Å². The number of amides is 12. The minimum atomic E-state index is -1.26. The van der Waals surface area contributed by atoms with Crippen molar-refractivity contribution >= 4 is 82.6 Å². The van der Waals surface area contributed by atoms with Crippen molar-refractivity contribution in [1.29, 1.82) is 0 Å². The van der Waals surface area contributed by atoms with E-state index in [4.69, 9.17) is 0 Å². The van der Waals surface area contributed by atoms with Crippen LogP contribution in [0.1, 0.15) is 215 Å². The Hall–Kier alpha value is -6.05. The SMILES string of the molecule is CC[C@@H]1NC(=O)[C@H](C[C@H](C)CCCCCCNC(C)=O)N(C)C(=O)[C@H](C(C)C)N(C)C(=O)[C@H](CC(C)C)N(C)C(=O)[C@@H](CC(C)C)N(C)C(=O)[C@H](C)NC(=O)[C@@H](C)NC(=O)[C@@H](CCC(C)C)N(C)C(=O)[C@@H](C(C)C)NC(=O)[C@H](CC(C)C)N(C)C(=O)[C@@H](CSC(C)(C)CCO)N(C)C1=O. The Balaban J connectivity index is 4.54. The van der Waals surface area contributed by atoms with Gasteiger partial charge in [0, 0.05) is 79.9 Å². The fraction of sp³-hybridized carbons (Fsp3) is 0.836. The molecule has 1 heterocycles. The van der Waals surface area contributed by atoms with Crippen molar-refractivity contribution in [3.63, 3.8) is 0 Å². The van der Waals surface area contributed by atoms with Gasteiger partial charge in [0.15, 0.2) is 0 Å². The normalized spacial score (nSPS) is 25.2. The van der Waals surface area contributed by atoms with E-state index in [0.29, 0.717) is 25.8 Å². The van der Waals surface area contributed by atoms with Crippen molar-refractivity contribution in [2.24, 2.45) is 41.4 Å². The third-order valence-electron chi connectivity index (χ3n) is 19.1. The van der Waals surface area contributed by atoms with Gasteiger partial charge in [0.1, 0.15) is 66.5 Å². The van der Waals surface area contributed by atoms with Crippen LogP contribution in [0.5, 0.6) is 0 Å². The summed E-state index contributed by atoms with van der Waals surface area (Å²) in [4.78, 5) is 186. The van der Waals surface area contributed by atoms with Gasteiger partial charge in [0.25, 0.3) is 0 Å². The number of hydrogen-bond acceptors (Lipinski definition) is 14. The van der Waals surface area contributed by atoms with Crippen LogP contribution in [0.25, 0.3) is 0 Å². The molecule has 1 aliphatic rings. The summed E-state index contributed by atoms with van der Waals surface area (Å²) in [6.45, 7) is 34.6. The Morgan fingerprint density at radius 3 is 1.40 bits per heavy atom. The molecule has 570 valence electrons. The van der Waals surface area contributed by atoms with Gasteiger partial charge in [-0.2, -0.15) is 11.8 Å². The fourth-order valence-corrected chi connectivity index (χ4v) is 13.8. The number of nitrogens with one attached hydrogen (secondary N) is 5. The Morgan fingerprint density at radius 1 is 0.475 bits per heavy atom. The van der Waals surface area contributed by atoms with Crippen molar-refractivity contribution in [2.45, 2.75) is 286 Å². The molecule has 0 aliphatic carbocycles. The number of aliphatic hydroxyl groups is 1. The monoisotopic (exact) mass is 1420 g/mol. The predicted octanol–water partition coefficient (Wildman–Crippen LogP) is 6.07. The van der Waals surface area contributed by atoms with E-state index in [2.05, 4.69) is 26.6 Å². The molecule has 0 aromatic rings. The highest BCUT2D eigenvalue weighted by Gasteiger charge is 2.45. The standard InChI is InChI=1S/C73H134N12O13S/c1-27-53-67(93)84(25)59(42-99-73(18,19)35-37-86)70(96)80(21)55(38-44(4)5)65(91)78-60(47(10)11)71(97)79(20)54(34-33-43(2)3)63(89)75-50(15)62(88)76-51(16)66(92)82(23)57(39-45(6)7)68(94)83(24)58(40-46(8)9)69(95)85(26)61(48(12)13)72(98)81(22)56(64(90)77-53)41-49(14)32-30-28-29-31-36-74-52(17)87/h43-51,53-61,86H,27-42H2,1-26H3,(H,74,87)(H,75,89)(H,76,88)(H,77,90)(H,78,91)/t49-,50-,51+,53+,54-,55+,56+,57-,58+,59-,60-,61+/m1/s1. The fourth-order valence-electron chi connectivity index (χ4n) is 12.6. The Morgan fingerprint density at radius 2 is 0.909 bits per heavy atom. The quantitative estimate of drug-likeness (QED) is 0.0536. The molecule has 1 aliphatic heterocycles. The molecule has 0 aromatic carbocycles. The summed E-state index contributed by atoms with van der Waals surface area (Å²) in [5.74, 6) is -8.65. The minimum Gasteiger partial charge on any atom is -0.396 e. The summed E-state index contributed by atoms with van der Waals surface area (Å²) >= 11 is 1.35. The predicted molar refractivity (Wildman–Crippen MR) is 391 cm³/mol. The molecule has 0 radical (unpaired) electrons. The van der Waals surface area contributed by atoms with Gasteiger partial charge in [-0.25, -0.2) is 0 Å². The van der Waals surface area contributed by atoms with Crippen LogP contribution >= 0.6 is 11.8 Å². The van der Waals surface area contributed by atoms with Crippen molar-refractivity contribution in [3.05, 3.63) is 0 Å². The maximum Gasteiger partial charge on any atom is 0.246 e. The molecule has 12 amide bonds. The second-order valence-electron chi connectivity index (χ2n) is 31.0. The first-order valence-corrected chi connectivity index (χ1v) is 37.4. The topological polar surface area (TPSA) is 308 Å². The van der Waals surface area contributed by atoms with E-state index in [1.165, 1.54) is 116 Å². The van der Waals surface area contributed by atoms with Crippen molar-refractivity contribution in [2.75, 3.05) is 68.2 Å². The van der Waals surface area contributed by atoms with Crippen LogP contribution in [0.15, 0.2) is 0 Å². The van der Waals surface area contributed by atoms with E-state index in [0.717, 1.165) is 25.7 Å². The molecule has 25 nitrogen and oxygen atoms in total. The number of carbonyl (C=O) groups is 12. The number of carbonyl (C=O) groups excluding carboxylic acids is 12. The summed E-state index contributed by atoms with van der Waals surface area (Å²) in [5.41, 5.74) is 0. The second kappa shape index (κ2) is 43.0. The number of hydrogen-bond donors (Lipinski definition) is 6. The van der Waals surface area contributed by atoms with E-state index < -0.39 is 148 Å². The summed E-state index contributed by atoms with van der Waals surface area (Å²) in [5, 5.41) is 24.3. The van der Waals surface area contributed by atoms with Gasteiger partial charge in [0.2, 0.25) is 70.9 Å². The molecule has 6 N–H and O–H groups in total. The number of likely N-dealkylation sites (N-methyl/N-ethyl adjacent to an activating group) is 7. The van der Waals surface area contributed by atoms with Crippen LogP contribution in [0.3, 0.4) is 0 Å². The lowest BCUT2D eigenvalue weighted by Gasteiger charge is -2.41. The first-order valence-electron chi connectivity index (χ1n) is 36.4. The molecular formula is C73H134N12O13S. The van der Waals surface area contributed by atoms with Crippen molar-refractivity contribution < 1.29 is 62.6 Å². The van der Waals surface area contributed by atoms with Gasteiger partial charge < -0.3 is 66.0 Å². The molecule has 26 heteroatoms. The van der Waals surface area contributed by atoms with Gasteiger partial charge in [-0.3, -0.25) is 57.5 Å². The van der Waals surface area contributed by atoms with E-state index >= 15 is 33.6 Å². The Kier molecular flexibility index (Phi) is 39.5. The van der Waals surface area contributed by atoms with E-state index in [1.54, 1.807) is 34.6 Å². The van der Waals surface area contributed by atoms with Gasteiger partial charge in [-0.05, 0) is 113 Å². The molecule has 1 rings (SSSR count). The maximum absolute atomic E-state index is 15.5. The number of unbranched alkanes of at least 4 members (excludes halogenated alkanes) is 3. The minimum absolute atomic E-state index is 0.00102. The number of thioether (sulfide) groups is 1. The van der Waals surface area contributed by atoms with Crippen LogP contribution in [-0.2, 0) is 57.5 Å². The molecule has 0 bridgehead atoms. The molecule has 1 saturated heterocycles. The molecule has 0 saturated carbocycles. The lowest BCUT2D eigenvalue weighted by atomic mass is 9.92. The number of rotatable bonds is 26. The summed E-state index contributed by atoms with van der Waals surface area (Å²) in [6.07, 6.45) is 5.58. The molecule has 1 fully saturated rings. The first kappa shape index (κ1) is 91.0. The largest absolute Gasteiger partial charge is 0.396 e. The lowest BCUT2D eigenvalue weighted by molar-refractivity contribution is -0.156. The van der Waals surface area contributed by atoms with E-state index in [1.807, 2.05) is 76.2 Å². The zero-order chi connectivity index (χ0) is 76.4. The average molecular weight is 1420 g/mol. The van der Waals surface area contributed by atoms with Crippen LogP contribution in [0.4, 0.5) is 0 Å². The third-order valence-corrected chi connectivity index (χ3v) is 20.6. The van der Waals surface area contributed by atoms with Gasteiger partial charge in [-0.1, -0.05) is 136 Å². The van der Waals surface area contributed by atoms with Crippen molar-refractivity contribution in [1.82, 2.24) is 60.9 Å². The summed E-state index contributed by atoms with van der Waals surface area (Å²) in [7, 11) is 10.4. The summed E-state index contributed by atoms with van der Waals surface area (Å²) in [6, 6.07) is -13.2. The maximum atomic E-state index is 15.5. The highest BCUT2D eigenvalue weighted by Crippen LogP contribution is 2.31. The Bertz CT molecular complexity index is 2660. The highest BCUT2D eigenvalue weighted by atomic mass is 32.2. The van der Waals surface area contributed by atoms with Gasteiger partial charge in [0.05, 0.1) is 0 Å². The molecule has 0 aromatic heterocycles. The number of aliphatic hydroxyl groups excluding tert-OH is 1. The summed E-state index contributed by atoms with van der Waals surface area (Å²) < 4.78 is -0.600. The van der Waals surface area contributed by atoms with Gasteiger partial charge in [-0.15, -0.1) is 0 Å². The smallest absolute Gasteiger partial charge is 0.246 e. The molecule has 0 spiro atoms. The molecule has 12 atom stereocenters. The first-order chi connectivity index (χ1) is 45.8.